The minimum atomic E-state index is -4.83. The Balaban J connectivity index is 3.09. The van der Waals surface area contributed by atoms with E-state index in [1.807, 2.05) is 0 Å². The Morgan fingerprint density at radius 3 is 2.00 bits per heavy atom. The maximum absolute atomic E-state index is 12.7. The van der Waals surface area contributed by atoms with Gasteiger partial charge in [0.25, 0.3) is 0 Å². The molecule has 0 heterocycles. The van der Waals surface area contributed by atoms with Gasteiger partial charge < -0.3 is 4.74 Å². The van der Waals surface area contributed by atoms with Gasteiger partial charge in [0.15, 0.2) is 0 Å². The van der Waals surface area contributed by atoms with E-state index in [2.05, 4.69) is 0 Å². The molecule has 1 aromatic rings. The molecule has 0 N–H and O–H groups in total. The zero-order valence-electron chi connectivity index (χ0n) is 11.1. The van der Waals surface area contributed by atoms with Crippen molar-refractivity contribution in [2.45, 2.75) is 16.7 Å². The summed E-state index contributed by atoms with van der Waals surface area (Å²) in [6.45, 7) is 2.34. The van der Waals surface area contributed by atoms with Crippen molar-refractivity contribution < 1.29 is 25.5 Å². The van der Waals surface area contributed by atoms with Crippen molar-refractivity contribution in [1.82, 2.24) is 4.31 Å². The third kappa shape index (κ3) is 3.98. The summed E-state index contributed by atoms with van der Waals surface area (Å²) in [4.78, 5) is -0.667. The maximum atomic E-state index is 12.7. The molecule has 1 rings (SSSR count). The van der Waals surface area contributed by atoms with Crippen LogP contribution in [0, 0.1) is 0 Å². The number of halogens is 1. The summed E-state index contributed by atoms with van der Waals surface area (Å²) in [5.74, 6) is 0. The highest BCUT2D eigenvalue weighted by atomic mass is 32.3. The number of benzene rings is 1. The summed E-state index contributed by atoms with van der Waals surface area (Å²) in [6.07, 6.45) is 0. The number of methoxy groups -OCH3 is 1. The second kappa shape index (κ2) is 6.61. The van der Waals surface area contributed by atoms with E-state index >= 15 is 0 Å². The first kappa shape index (κ1) is 17.0. The molecule has 0 saturated heterocycles. The van der Waals surface area contributed by atoms with E-state index in [9.17, 15) is 20.7 Å². The molecular weight excluding hydrogens is 309 g/mol. The van der Waals surface area contributed by atoms with Crippen molar-refractivity contribution in [2.24, 2.45) is 0 Å². The molecule has 0 atom stereocenters. The Kier molecular flexibility index (Phi) is 5.63. The van der Waals surface area contributed by atoms with Crippen LogP contribution in [0.2, 0.25) is 0 Å². The van der Waals surface area contributed by atoms with Crippen LogP contribution in [0.15, 0.2) is 34.1 Å². The molecule has 0 amide bonds. The number of nitrogens with zero attached hydrogens (tertiary/aromatic N) is 1. The van der Waals surface area contributed by atoms with Crippen LogP contribution in [-0.2, 0) is 25.0 Å². The van der Waals surface area contributed by atoms with Crippen LogP contribution in [0.25, 0.3) is 0 Å². The summed E-state index contributed by atoms with van der Waals surface area (Å²) in [6, 6.07) is 3.98. The van der Waals surface area contributed by atoms with Gasteiger partial charge in [0, 0.05) is 20.2 Å². The standard InChI is InChI=1S/C11H16FNO5S2/c1-3-13(8-9-18-2)20(16,17)11-6-4-10(5-7-11)19(12,14)15/h4-7H,3,8-9H2,1-2H3. The first-order valence-electron chi connectivity index (χ1n) is 5.77. The molecule has 0 aliphatic carbocycles. The highest BCUT2D eigenvalue weighted by Gasteiger charge is 2.23. The number of sulfonamides is 1. The van der Waals surface area contributed by atoms with Gasteiger partial charge in [-0.05, 0) is 24.3 Å². The molecule has 114 valence electrons. The molecule has 0 spiro atoms. The summed E-state index contributed by atoms with van der Waals surface area (Å²) in [7, 11) is -7.12. The van der Waals surface area contributed by atoms with Crippen molar-refractivity contribution in [2.75, 3.05) is 26.8 Å². The van der Waals surface area contributed by atoms with Crippen molar-refractivity contribution in [1.29, 1.82) is 0 Å². The summed E-state index contributed by atoms with van der Waals surface area (Å²) < 4.78 is 64.6. The number of rotatable bonds is 7. The van der Waals surface area contributed by atoms with Crippen molar-refractivity contribution >= 4 is 20.2 Å². The summed E-state index contributed by atoms with van der Waals surface area (Å²) >= 11 is 0. The van der Waals surface area contributed by atoms with Gasteiger partial charge in [-0.2, -0.15) is 12.7 Å². The SMILES string of the molecule is CCN(CCOC)S(=O)(=O)c1ccc(S(=O)(=O)F)cc1. The topological polar surface area (TPSA) is 80.8 Å². The predicted molar refractivity (Wildman–Crippen MR) is 71.0 cm³/mol. The Hall–Kier alpha value is -1.03. The third-order valence-electron chi connectivity index (χ3n) is 2.64. The maximum Gasteiger partial charge on any atom is 0.332 e. The van der Waals surface area contributed by atoms with Crippen LogP contribution in [0.1, 0.15) is 6.92 Å². The average Bonchev–Trinajstić information content (AvgIpc) is 2.38. The molecule has 0 aromatic heterocycles. The molecule has 6 nitrogen and oxygen atoms in total. The first-order valence-corrected chi connectivity index (χ1v) is 8.59. The Labute approximate surface area is 118 Å². The molecule has 0 aliphatic heterocycles. The quantitative estimate of drug-likeness (QED) is 0.699. The number of hydrogen-bond donors (Lipinski definition) is 0. The smallest absolute Gasteiger partial charge is 0.332 e. The summed E-state index contributed by atoms with van der Waals surface area (Å²) in [5, 5.41) is 0. The highest BCUT2D eigenvalue weighted by molar-refractivity contribution is 7.89. The van der Waals surface area contributed by atoms with E-state index in [4.69, 9.17) is 4.74 Å². The zero-order chi connectivity index (χ0) is 15.4. The van der Waals surface area contributed by atoms with Crippen LogP contribution < -0.4 is 0 Å². The van der Waals surface area contributed by atoms with Crippen LogP contribution in [0.3, 0.4) is 0 Å². The lowest BCUT2D eigenvalue weighted by molar-refractivity contribution is 0.180. The van der Waals surface area contributed by atoms with Gasteiger partial charge in [-0.1, -0.05) is 6.92 Å². The second-order valence-electron chi connectivity index (χ2n) is 3.90. The molecule has 1 aromatic carbocycles. The van der Waals surface area contributed by atoms with Gasteiger partial charge in [-0.3, -0.25) is 0 Å². The Morgan fingerprint density at radius 2 is 1.60 bits per heavy atom. The van der Waals surface area contributed by atoms with E-state index in [0.29, 0.717) is 0 Å². The van der Waals surface area contributed by atoms with Crippen LogP contribution in [0.5, 0.6) is 0 Å². The largest absolute Gasteiger partial charge is 0.383 e. The fraction of sp³-hybridized carbons (Fsp3) is 0.455. The molecule has 9 heteroatoms. The van der Waals surface area contributed by atoms with Crippen LogP contribution in [-0.4, -0.2) is 47.9 Å². The zero-order valence-corrected chi connectivity index (χ0v) is 12.7. The van der Waals surface area contributed by atoms with Gasteiger partial charge in [0.2, 0.25) is 10.0 Å². The van der Waals surface area contributed by atoms with Crippen LogP contribution in [0.4, 0.5) is 3.89 Å². The lowest BCUT2D eigenvalue weighted by atomic mass is 10.4. The number of ether oxygens (including phenoxy) is 1. The molecule has 0 unspecified atom stereocenters. The molecule has 0 fully saturated rings. The minimum absolute atomic E-state index is 0.0946. The fourth-order valence-electron chi connectivity index (χ4n) is 1.56. The Morgan fingerprint density at radius 1 is 1.10 bits per heavy atom. The van der Waals surface area contributed by atoms with E-state index in [-0.39, 0.29) is 24.6 Å². The van der Waals surface area contributed by atoms with E-state index < -0.39 is 25.1 Å². The first-order chi connectivity index (χ1) is 9.23. The molecule has 0 saturated carbocycles. The van der Waals surface area contributed by atoms with Crippen molar-refractivity contribution in [3.63, 3.8) is 0 Å². The fourth-order valence-corrected chi connectivity index (χ4v) is 3.46. The summed E-state index contributed by atoms with van der Waals surface area (Å²) in [5.41, 5.74) is 0. The van der Waals surface area contributed by atoms with E-state index in [1.54, 1.807) is 6.92 Å². The normalized spacial score (nSPS) is 12.8. The number of hydrogen-bond acceptors (Lipinski definition) is 5. The third-order valence-corrected chi connectivity index (χ3v) is 5.46. The minimum Gasteiger partial charge on any atom is -0.383 e. The molecular formula is C11H16FNO5S2. The van der Waals surface area contributed by atoms with Gasteiger partial charge >= 0.3 is 10.2 Å². The van der Waals surface area contributed by atoms with Gasteiger partial charge in [-0.15, -0.1) is 3.89 Å². The number of likely N-dealkylation sites (N-methyl/N-ethyl adjacent to an activating group) is 1. The second-order valence-corrected chi connectivity index (χ2v) is 7.18. The van der Waals surface area contributed by atoms with Crippen molar-refractivity contribution in [3.8, 4) is 0 Å². The monoisotopic (exact) mass is 325 g/mol. The Bertz CT molecular complexity index is 640. The lowest BCUT2D eigenvalue weighted by Gasteiger charge is -2.20. The van der Waals surface area contributed by atoms with Gasteiger partial charge in [0.05, 0.1) is 16.4 Å². The highest BCUT2D eigenvalue weighted by Crippen LogP contribution is 2.19. The van der Waals surface area contributed by atoms with Crippen LogP contribution >= 0.6 is 0 Å². The van der Waals surface area contributed by atoms with E-state index in [0.717, 1.165) is 24.3 Å². The molecule has 0 radical (unpaired) electrons. The predicted octanol–water partition coefficient (Wildman–Crippen LogP) is 1.00. The van der Waals surface area contributed by atoms with Gasteiger partial charge in [0.1, 0.15) is 0 Å². The lowest BCUT2D eigenvalue weighted by Crippen LogP contribution is -2.33. The molecule has 20 heavy (non-hydrogen) atoms. The average molecular weight is 325 g/mol. The van der Waals surface area contributed by atoms with E-state index in [1.165, 1.54) is 11.4 Å². The molecule has 0 bridgehead atoms. The van der Waals surface area contributed by atoms with Crippen molar-refractivity contribution in [3.05, 3.63) is 24.3 Å². The molecule has 0 aliphatic rings. The van der Waals surface area contributed by atoms with Gasteiger partial charge in [-0.25, -0.2) is 8.42 Å².